The van der Waals surface area contributed by atoms with Gasteiger partial charge in [-0.2, -0.15) is 0 Å². The van der Waals surface area contributed by atoms with Crippen LogP contribution in [0.2, 0.25) is 0 Å². The van der Waals surface area contributed by atoms with Crippen LogP contribution in [0.4, 0.5) is 0 Å². The van der Waals surface area contributed by atoms with Crippen LogP contribution in [-0.4, -0.2) is 253 Å². The Morgan fingerprint density at radius 1 is 0.702 bits per heavy atom. The summed E-state index contributed by atoms with van der Waals surface area (Å²) in [7, 11) is 19.3. The Labute approximate surface area is 494 Å². The number of ketones is 1. The fourth-order valence-corrected chi connectivity index (χ4v) is 8.87. The number of likely N-dealkylation sites (N-methyl/N-ethyl adjacent to an activating group) is 2. The molecule has 4 saturated heterocycles. The number of hydrogen-bond acceptors (Lipinski definition) is 7. The molecule has 2 aliphatic carbocycles. The number of benzene rings is 2. The van der Waals surface area contributed by atoms with E-state index in [1.54, 1.807) is 4.90 Å². The molecule has 8 rings (SSSR count). The maximum absolute atomic E-state index is 12.6. The first kappa shape index (κ1) is 58.3. The van der Waals surface area contributed by atoms with Gasteiger partial charge in [0.25, 0.3) is 5.91 Å². The fraction of sp³-hybridized carbons (Fsp3) is 0.650. The van der Waals surface area contributed by atoms with Gasteiger partial charge in [-0.25, -0.2) is 30.1 Å². The van der Waals surface area contributed by atoms with E-state index in [0.29, 0.717) is 38.3 Å². The molecule has 2 aromatic rings. The molecule has 0 bridgehead atoms. The molecule has 4 heterocycles. The van der Waals surface area contributed by atoms with Crippen molar-refractivity contribution in [2.75, 3.05) is 60.2 Å². The van der Waals surface area contributed by atoms with Crippen LogP contribution in [0.3, 0.4) is 0 Å². The van der Waals surface area contributed by atoms with Crippen molar-refractivity contribution in [1.82, 2.24) is 19.6 Å². The molecular weight excluding hydrogens is 929 g/mol. The molecular formula is C40H57AlCl3K5N4O4. The molecule has 0 radical (unpaired) electrons. The maximum atomic E-state index is 12.6. The molecule has 6 atom stereocenters. The van der Waals surface area contributed by atoms with Crippen molar-refractivity contribution < 1.29 is 71.9 Å². The zero-order chi connectivity index (χ0) is 40.6. The molecule has 0 aromatic heterocycles. The van der Waals surface area contributed by atoms with E-state index >= 15 is 0 Å². The van der Waals surface area contributed by atoms with Crippen molar-refractivity contribution in [2.45, 2.75) is 82.2 Å². The molecule has 0 unspecified atom stereocenters. The molecule has 17 heteroatoms. The van der Waals surface area contributed by atoms with Crippen molar-refractivity contribution in [3.8, 4) is 0 Å². The van der Waals surface area contributed by atoms with E-state index in [1.165, 1.54) is 183 Å². The van der Waals surface area contributed by atoms with Gasteiger partial charge in [0.1, 0.15) is 0 Å². The second-order valence-electron chi connectivity index (χ2n) is 15.8. The number of rotatable bonds is 10. The van der Waals surface area contributed by atoms with Gasteiger partial charge in [-0.3, -0.25) is 14.5 Å². The summed E-state index contributed by atoms with van der Waals surface area (Å²) in [5, 5.41) is 0. The minimum atomic E-state index is -1.72. The van der Waals surface area contributed by atoms with Gasteiger partial charge in [0, 0.05) is 56.6 Å². The third-order valence-electron chi connectivity index (χ3n) is 11.9. The molecule has 0 spiro atoms. The summed E-state index contributed by atoms with van der Waals surface area (Å²) >= 11 is 3.28. The molecule has 6 fully saturated rings. The van der Waals surface area contributed by atoms with Crippen LogP contribution in [0.5, 0.6) is 0 Å². The van der Waals surface area contributed by atoms with Gasteiger partial charge in [-0.05, 0) is 88.0 Å². The van der Waals surface area contributed by atoms with Gasteiger partial charge < -0.3 is 25.6 Å². The molecule has 8 nitrogen and oxygen atoms in total. The molecule has 57 heavy (non-hydrogen) atoms. The number of Topliss-reactive ketones (excluding diaryl/α,β-unsaturated/α-hetero) is 1. The number of piperidine rings is 2. The number of fused-ring (bicyclic) bond motifs is 2. The first-order valence-electron chi connectivity index (χ1n) is 21.3. The number of amides is 1. The zero-order valence-corrected chi connectivity index (χ0v) is 54.9. The first-order valence-corrected chi connectivity index (χ1v) is 58.6. The number of hydrogen-bond donors (Lipinski definition) is 0. The monoisotopic (exact) mass is 984 g/mol. The predicted molar refractivity (Wildman–Crippen MR) is 235 cm³/mol. The Hall–Kier alpha value is 6.96. The number of likely N-dealkylation sites (tertiary alicyclic amines) is 2. The Morgan fingerprint density at radius 2 is 1.16 bits per heavy atom. The summed E-state index contributed by atoms with van der Waals surface area (Å²) in [5.41, 5.74) is 2.49. The second kappa shape index (κ2) is 32.7. The van der Waals surface area contributed by atoms with Crippen molar-refractivity contribution in [2.24, 2.45) is 23.7 Å². The van der Waals surface area contributed by atoms with E-state index < -0.39 is 11.4 Å². The summed E-state index contributed by atoms with van der Waals surface area (Å²) in [6.07, 6.45) is 8.56. The topological polar surface area (TPSA) is 65.6 Å². The summed E-state index contributed by atoms with van der Waals surface area (Å²) in [5.74, 6) is 2.12. The normalized spacial score (nSPS) is 26.8. The summed E-state index contributed by atoms with van der Waals surface area (Å²) in [4.78, 5) is 34.4. The summed E-state index contributed by atoms with van der Waals surface area (Å²) in [6.45, 7) is 8.16. The summed E-state index contributed by atoms with van der Waals surface area (Å²) in [6, 6.07) is 22.2. The molecule has 290 valence electrons. The van der Waals surface area contributed by atoms with E-state index in [4.69, 9.17) is 39.6 Å². The van der Waals surface area contributed by atoms with Crippen molar-refractivity contribution in [3.63, 3.8) is 0 Å². The summed E-state index contributed by atoms with van der Waals surface area (Å²) < 4.78 is 11.9. The number of ether oxygens (including phenoxy) is 2. The van der Waals surface area contributed by atoms with Gasteiger partial charge in [-0.1, -0.05) is 60.7 Å². The van der Waals surface area contributed by atoms with Gasteiger partial charge in [0.2, 0.25) is 5.78 Å². The van der Waals surface area contributed by atoms with E-state index in [-0.39, 0.29) is 82.5 Å². The third-order valence-corrected chi connectivity index (χ3v) is 11.9. The van der Waals surface area contributed by atoms with Crippen LogP contribution in [0.1, 0.15) is 57.5 Å². The van der Waals surface area contributed by atoms with Crippen molar-refractivity contribution in [1.29, 1.82) is 0 Å². The Kier molecular flexibility index (Phi) is 33.4. The standard InChI is InChI=1S/C20H26N2O3.C20H30N2O.Al.3ClH.5K.H/c1-21(10-15-7-8-15)17-12-25-13-18-16(17)9-19(23)20(24)22(18)11-14-5-3-2-4-6-14;1-21(12-17-9-10-17)19-14-23-15-20-18(19)8-5-11-22(20)13-16-6-3-2-4-7-16;;;;;;;;;;/h2-6,15-18H,7-13H2,1H3;2-4,6-7,17-20H,5,8-15H2,1H3;;3*1H;;;;;;/q;;+3;;;;;;;;+1;-1/p-3/t16-,17+,18-;18-,19+,20-;;;;;;;;;;/m11........../s1. The molecule has 4 aliphatic heterocycles. The van der Waals surface area contributed by atoms with E-state index in [0.717, 1.165) is 49.6 Å². The number of carbonyl (C=O) groups excluding carboxylic acids is 2. The average molecular weight is 987 g/mol. The average Bonchev–Trinajstić information content (AvgIpc) is 4.17. The fourth-order valence-electron chi connectivity index (χ4n) is 8.87. The van der Waals surface area contributed by atoms with Crippen LogP contribution in [-0.2, 0) is 32.2 Å². The van der Waals surface area contributed by atoms with Crippen LogP contribution >= 0.6 is 30.1 Å². The molecule has 6 aliphatic rings. The van der Waals surface area contributed by atoms with E-state index in [9.17, 15) is 9.59 Å². The zero-order valence-electron chi connectivity index (χ0n) is 36.8. The van der Waals surface area contributed by atoms with Crippen molar-refractivity contribution >= 4 is 180 Å². The third kappa shape index (κ3) is 20.5. The van der Waals surface area contributed by atoms with Crippen LogP contribution in [0.15, 0.2) is 60.7 Å². The van der Waals surface area contributed by atoms with Gasteiger partial charge >= 0.3 is 189 Å². The van der Waals surface area contributed by atoms with E-state index in [2.05, 4.69) is 59.1 Å². The van der Waals surface area contributed by atoms with Crippen LogP contribution < -0.4 is 51.4 Å². The first-order chi connectivity index (χ1) is 27.2. The van der Waals surface area contributed by atoms with Gasteiger partial charge in [0.15, 0.2) is 0 Å². The predicted octanol–water partition coefficient (Wildman–Crippen LogP) is 2.00. The Morgan fingerprint density at radius 3 is 1.65 bits per heavy atom. The minimum absolute atomic E-state index is 0. The Balaban J connectivity index is 0.000000331. The van der Waals surface area contributed by atoms with Gasteiger partial charge in [-0.15, -0.1) is 0 Å². The van der Waals surface area contributed by atoms with E-state index in [1.807, 2.05) is 30.3 Å². The Bertz CT molecular complexity index is 1450. The molecule has 1 amide bonds. The van der Waals surface area contributed by atoms with Crippen molar-refractivity contribution in [3.05, 3.63) is 71.8 Å². The number of nitrogens with zero attached hydrogens (tertiary/aromatic N) is 4. The number of carbonyl (C=O) groups is 2. The van der Waals surface area contributed by atoms with Crippen LogP contribution in [0.25, 0.3) is 0 Å². The number of halogens is 3. The molecule has 2 aromatic carbocycles. The van der Waals surface area contributed by atoms with Gasteiger partial charge in [0.05, 0.1) is 32.5 Å². The second-order valence-corrected chi connectivity index (χ2v) is 22.3. The quantitative estimate of drug-likeness (QED) is 0.267. The van der Waals surface area contributed by atoms with Crippen LogP contribution in [0, 0.1) is 23.7 Å². The molecule has 2 saturated carbocycles. The molecule has 0 N–H and O–H groups in total. The SMILES string of the molecule is CN(CC1CC1)[C@H]1COC[C@@H]2[C@@H]1CC(=O)C(=O)N2Cc1ccccc1.CN(CC1CC1)[C@H]1COC[C@@H]2[C@@H]1CCCN2Cc1ccccc1.[Cl][Al]([Cl])[Cl].[H-].[K+].[K][K].[K][K].